The zero-order valence-electron chi connectivity index (χ0n) is 20.1. The number of rotatable bonds is 5. The smallest absolute Gasteiger partial charge is 0.312 e. The van der Waals surface area contributed by atoms with Gasteiger partial charge in [0.2, 0.25) is 0 Å². The average molecular weight is 467 g/mol. The zero-order chi connectivity index (χ0) is 24.1. The van der Waals surface area contributed by atoms with Crippen molar-refractivity contribution in [3.8, 4) is 0 Å². The van der Waals surface area contributed by atoms with E-state index in [4.69, 9.17) is 18.9 Å². The van der Waals surface area contributed by atoms with Gasteiger partial charge in [0, 0.05) is 43.3 Å². The topological polar surface area (TPSA) is 115 Å². The van der Waals surface area contributed by atoms with Crippen LogP contribution in [-0.2, 0) is 23.7 Å². The number of aliphatic hydroxyl groups excluding tert-OH is 3. The first-order valence-corrected chi connectivity index (χ1v) is 11.9. The Kier molecular flexibility index (Phi) is 7.07. The van der Waals surface area contributed by atoms with Gasteiger partial charge in [0.15, 0.2) is 0 Å². The number of esters is 1. The predicted molar refractivity (Wildman–Crippen MR) is 119 cm³/mol. The molecule has 33 heavy (non-hydrogen) atoms. The zero-order valence-corrected chi connectivity index (χ0v) is 20.1. The molecule has 8 nitrogen and oxygen atoms in total. The molecule has 0 unspecified atom stereocenters. The van der Waals surface area contributed by atoms with Gasteiger partial charge in [0.1, 0.15) is 12.2 Å². The van der Waals surface area contributed by atoms with Crippen LogP contribution in [0.15, 0.2) is 23.8 Å². The van der Waals surface area contributed by atoms with Gasteiger partial charge in [-0.15, -0.1) is 0 Å². The molecule has 4 aliphatic rings. The minimum atomic E-state index is -0.981. The summed E-state index contributed by atoms with van der Waals surface area (Å²) in [7, 11) is 3.04. The number of ether oxygens (including phenoxy) is 4. The molecule has 2 heterocycles. The third-order valence-electron chi connectivity index (χ3n) is 8.57. The maximum Gasteiger partial charge on any atom is 0.312 e. The number of methoxy groups -OCH3 is 2. The van der Waals surface area contributed by atoms with Crippen LogP contribution in [0.4, 0.5) is 0 Å². The van der Waals surface area contributed by atoms with Gasteiger partial charge in [-0.2, -0.15) is 0 Å². The van der Waals surface area contributed by atoms with Crippen molar-refractivity contribution in [3.05, 3.63) is 23.8 Å². The summed E-state index contributed by atoms with van der Waals surface area (Å²) in [6.07, 6.45) is 2.51. The standard InChI is InChI=1S/C25H38O8/c1-12-8-13(2)25-16(15(10-30-4)24(29)33-23(12)18(26)11-31-5)6-7-20(25)32-19-9-17(25)21(27)14(3)22(19)28/h6-8,12,14-23,26-28H,9-11H2,1-5H3/b13-8+/t12-,14-,15-,16-,17+,18-,19+,20-,21-,22-,23+,25+/m1/s1. The van der Waals surface area contributed by atoms with Crippen LogP contribution in [0.5, 0.6) is 0 Å². The number of hydrogen-bond acceptors (Lipinski definition) is 8. The Morgan fingerprint density at radius 3 is 2.58 bits per heavy atom. The molecule has 2 aliphatic carbocycles. The van der Waals surface area contributed by atoms with Gasteiger partial charge in [-0.1, -0.05) is 37.6 Å². The van der Waals surface area contributed by atoms with Crippen LogP contribution in [0, 0.1) is 35.0 Å². The van der Waals surface area contributed by atoms with E-state index in [0.717, 1.165) is 5.57 Å². The Bertz CT molecular complexity index is 795. The molecular weight excluding hydrogens is 428 g/mol. The lowest BCUT2D eigenvalue weighted by atomic mass is 9.52. The molecule has 0 radical (unpaired) electrons. The first-order chi connectivity index (χ1) is 15.7. The van der Waals surface area contributed by atoms with Crippen molar-refractivity contribution in [3.63, 3.8) is 0 Å². The van der Waals surface area contributed by atoms with E-state index >= 15 is 0 Å². The van der Waals surface area contributed by atoms with E-state index < -0.39 is 41.7 Å². The van der Waals surface area contributed by atoms with E-state index in [1.54, 1.807) is 7.11 Å². The van der Waals surface area contributed by atoms with E-state index in [-0.39, 0.29) is 49.1 Å². The van der Waals surface area contributed by atoms with E-state index in [9.17, 15) is 20.1 Å². The lowest BCUT2D eigenvalue weighted by Gasteiger charge is -2.59. The van der Waals surface area contributed by atoms with E-state index in [2.05, 4.69) is 0 Å². The first kappa shape index (κ1) is 24.8. The lowest BCUT2D eigenvalue weighted by Crippen LogP contribution is -2.64. The second-order valence-electron chi connectivity index (χ2n) is 10.3. The molecule has 2 fully saturated rings. The van der Waals surface area contributed by atoms with Crippen LogP contribution in [-0.4, -0.2) is 85.3 Å². The Balaban J connectivity index is 1.85. The largest absolute Gasteiger partial charge is 0.459 e. The lowest BCUT2D eigenvalue weighted by molar-refractivity contribution is -0.240. The molecular formula is C25H38O8. The fourth-order valence-corrected chi connectivity index (χ4v) is 6.98. The average Bonchev–Trinajstić information content (AvgIpc) is 3.17. The highest BCUT2D eigenvalue weighted by atomic mass is 16.6. The summed E-state index contributed by atoms with van der Waals surface area (Å²) in [5, 5.41) is 32.8. The van der Waals surface area contributed by atoms with Crippen molar-refractivity contribution in [2.75, 3.05) is 27.4 Å². The highest BCUT2D eigenvalue weighted by Gasteiger charge is 2.65. The molecule has 0 aromatic rings. The van der Waals surface area contributed by atoms with Gasteiger partial charge in [-0.25, -0.2) is 0 Å². The molecule has 0 amide bonds. The first-order valence-electron chi connectivity index (χ1n) is 11.9. The number of carbonyl (C=O) groups is 1. The van der Waals surface area contributed by atoms with Crippen molar-refractivity contribution in [1.29, 1.82) is 0 Å². The van der Waals surface area contributed by atoms with Crippen molar-refractivity contribution in [2.45, 2.75) is 63.8 Å². The summed E-state index contributed by atoms with van der Waals surface area (Å²) in [4.78, 5) is 13.5. The molecule has 1 saturated heterocycles. The van der Waals surface area contributed by atoms with Crippen LogP contribution in [0.25, 0.3) is 0 Å². The van der Waals surface area contributed by atoms with Gasteiger partial charge >= 0.3 is 5.97 Å². The second kappa shape index (κ2) is 9.40. The monoisotopic (exact) mass is 466 g/mol. The molecule has 0 aromatic heterocycles. The SMILES string of the molecule is COC[C@@H](O)[C@H]1OC(=O)[C@H](COC)[C@H]2C=C[C@H]3O[C@H]4C[C@@H]([C@H](O)[C@@H](C)[C@H]4O)[C@]23/C(C)=C/[C@H]1C. The van der Waals surface area contributed by atoms with E-state index in [0.29, 0.717) is 6.42 Å². The minimum Gasteiger partial charge on any atom is -0.459 e. The number of cyclic esters (lactones) is 1. The molecule has 1 saturated carbocycles. The molecule has 2 bridgehead atoms. The summed E-state index contributed by atoms with van der Waals surface area (Å²) in [6, 6.07) is 0. The van der Waals surface area contributed by atoms with Gasteiger partial charge in [0.05, 0.1) is 43.5 Å². The highest BCUT2D eigenvalue weighted by Crippen LogP contribution is 2.62. The van der Waals surface area contributed by atoms with Crippen molar-refractivity contribution < 1.29 is 39.1 Å². The second-order valence-corrected chi connectivity index (χ2v) is 10.3. The Hall–Kier alpha value is -1.29. The molecule has 4 rings (SSSR count). The normalized spacial score (nSPS) is 49.6. The molecule has 8 heteroatoms. The van der Waals surface area contributed by atoms with Crippen molar-refractivity contribution >= 4 is 5.97 Å². The van der Waals surface area contributed by atoms with Crippen molar-refractivity contribution in [2.24, 2.45) is 35.0 Å². The Morgan fingerprint density at radius 1 is 1.18 bits per heavy atom. The molecule has 186 valence electrons. The number of aliphatic hydroxyl groups is 3. The van der Waals surface area contributed by atoms with Crippen LogP contribution in [0.1, 0.15) is 27.2 Å². The predicted octanol–water partition coefficient (Wildman–Crippen LogP) is 1.08. The summed E-state index contributed by atoms with van der Waals surface area (Å²) >= 11 is 0. The molecule has 0 aromatic carbocycles. The fraction of sp³-hybridized carbons (Fsp3) is 0.800. The van der Waals surface area contributed by atoms with Crippen LogP contribution >= 0.6 is 0 Å². The Labute approximate surface area is 195 Å². The third kappa shape index (κ3) is 3.79. The molecule has 3 N–H and O–H groups in total. The molecule has 2 aliphatic heterocycles. The fourth-order valence-electron chi connectivity index (χ4n) is 6.98. The highest BCUT2D eigenvalue weighted by molar-refractivity contribution is 5.74. The quantitative estimate of drug-likeness (QED) is 0.407. The summed E-state index contributed by atoms with van der Waals surface area (Å²) in [5.41, 5.74) is 0.317. The van der Waals surface area contributed by atoms with Gasteiger partial charge in [0.25, 0.3) is 0 Å². The maximum atomic E-state index is 13.5. The van der Waals surface area contributed by atoms with Gasteiger partial charge in [-0.3, -0.25) is 4.79 Å². The van der Waals surface area contributed by atoms with Crippen LogP contribution in [0.2, 0.25) is 0 Å². The summed E-state index contributed by atoms with van der Waals surface area (Å²) < 4.78 is 22.9. The molecule has 12 atom stereocenters. The molecule has 1 spiro atoms. The maximum absolute atomic E-state index is 13.5. The Morgan fingerprint density at radius 2 is 1.91 bits per heavy atom. The van der Waals surface area contributed by atoms with E-state index in [1.165, 1.54) is 7.11 Å². The number of carbonyl (C=O) groups excluding carboxylic acids is 1. The van der Waals surface area contributed by atoms with E-state index in [1.807, 2.05) is 39.0 Å². The number of fused-ring (bicyclic) bond motifs is 2. The van der Waals surface area contributed by atoms with Gasteiger partial charge in [-0.05, 0) is 13.3 Å². The van der Waals surface area contributed by atoms with Crippen LogP contribution in [0.3, 0.4) is 0 Å². The summed E-state index contributed by atoms with van der Waals surface area (Å²) in [6.45, 7) is 5.97. The number of hydrogen-bond donors (Lipinski definition) is 3. The third-order valence-corrected chi connectivity index (χ3v) is 8.57. The van der Waals surface area contributed by atoms with Crippen LogP contribution < -0.4 is 0 Å². The van der Waals surface area contributed by atoms with Gasteiger partial charge < -0.3 is 34.3 Å². The summed E-state index contributed by atoms with van der Waals surface area (Å²) in [5.74, 6) is -2.26. The van der Waals surface area contributed by atoms with Crippen molar-refractivity contribution in [1.82, 2.24) is 0 Å². The minimum absolute atomic E-state index is 0.0444. The number of allylic oxidation sites excluding steroid dienone is 1.